The second kappa shape index (κ2) is 10.3. The lowest BCUT2D eigenvalue weighted by atomic mass is 9.94. The number of Topliss-reactive ketones (excluding diaryl/α,β-unsaturated/α-hetero) is 1. The quantitative estimate of drug-likeness (QED) is 0.349. The van der Waals surface area contributed by atoms with Crippen molar-refractivity contribution in [3.8, 4) is 23.0 Å². The number of ether oxygens (including phenoxy) is 4. The fourth-order valence-corrected chi connectivity index (χ4v) is 4.38. The SMILES string of the molecule is COc1ccc([C@H]2/C(=C(/O)c3ccc4c(c3)OCCO4)C(=O)C(=O)N2CCCN(C)C)c(OC)c1. The van der Waals surface area contributed by atoms with Crippen molar-refractivity contribution in [1.82, 2.24) is 9.80 Å². The Bertz CT molecular complexity index is 1160. The van der Waals surface area contributed by atoms with Gasteiger partial charge in [-0.15, -0.1) is 0 Å². The van der Waals surface area contributed by atoms with Gasteiger partial charge in [0.25, 0.3) is 11.7 Å². The van der Waals surface area contributed by atoms with E-state index < -0.39 is 17.7 Å². The third-order valence-corrected chi connectivity index (χ3v) is 6.10. The van der Waals surface area contributed by atoms with E-state index in [1.54, 1.807) is 43.5 Å². The highest BCUT2D eigenvalue weighted by Gasteiger charge is 2.47. The molecule has 2 aliphatic heterocycles. The molecule has 1 atom stereocenters. The van der Waals surface area contributed by atoms with Crippen LogP contribution in [0, 0.1) is 0 Å². The van der Waals surface area contributed by atoms with Crippen molar-refractivity contribution < 1.29 is 33.6 Å². The third-order valence-electron chi connectivity index (χ3n) is 6.10. The summed E-state index contributed by atoms with van der Waals surface area (Å²) in [5.41, 5.74) is 0.939. The predicted molar refractivity (Wildman–Crippen MR) is 129 cm³/mol. The van der Waals surface area contributed by atoms with Gasteiger partial charge in [0.05, 0.1) is 25.8 Å². The Hall–Kier alpha value is -3.72. The van der Waals surface area contributed by atoms with E-state index in [1.165, 1.54) is 12.0 Å². The molecule has 186 valence electrons. The molecule has 1 N–H and O–H groups in total. The average Bonchev–Trinajstić information content (AvgIpc) is 3.12. The molecule has 9 heteroatoms. The van der Waals surface area contributed by atoms with Crippen molar-refractivity contribution in [1.29, 1.82) is 0 Å². The van der Waals surface area contributed by atoms with E-state index in [-0.39, 0.29) is 11.3 Å². The number of fused-ring (bicyclic) bond motifs is 1. The predicted octanol–water partition coefficient (Wildman–Crippen LogP) is 2.85. The van der Waals surface area contributed by atoms with Crippen LogP contribution >= 0.6 is 0 Å². The van der Waals surface area contributed by atoms with Crippen molar-refractivity contribution in [2.45, 2.75) is 12.5 Å². The number of methoxy groups -OCH3 is 2. The van der Waals surface area contributed by atoms with Crippen molar-refractivity contribution >= 4 is 17.4 Å². The van der Waals surface area contributed by atoms with E-state index in [0.29, 0.717) is 60.3 Å². The molecule has 0 unspecified atom stereocenters. The summed E-state index contributed by atoms with van der Waals surface area (Å²) in [6.07, 6.45) is 0.652. The van der Waals surface area contributed by atoms with Crippen LogP contribution in [0.2, 0.25) is 0 Å². The maximum Gasteiger partial charge on any atom is 0.295 e. The maximum atomic E-state index is 13.3. The van der Waals surface area contributed by atoms with E-state index in [4.69, 9.17) is 18.9 Å². The zero-order valence-electron chi connectivity index (χ0n) is 20.4. The van der Waals surface area contributed by atoms with Gasteiger partial charge in [0, 0.05) is 23.7 Å². The number of rotatable bonds is 8. The van der Waals surface area contributed by atoms with E-state index in [9.17, 15) is 14.7 Å². The third kappa shape index (κ3) is 4.77. The monoisotopic (exact) mass is 482 g/mol. The van der Waals surface area contributed by atoms with Crippen LogP contribution in [0.5, 0.6) is 23.0 Å². The molecule has 4 rings (SSSR count). The van der Waals surface area contributed by atoms with Crippen LogP contribution in [-0.2, 0) is 9.59 Å². The second-order valence-corrected chi connectivity index (χ2v) is 8.62. The first-order valence-corrected chi connectivity index (χ1v) is 11.4. The minimum atomic E-state index is -0.828. The summed E-state index contributed by atoms with van der Waals surface area (Å²) in [6, 6.07) is 9.30. The topological polar surface area (TPSA) is 97.8 Å². The summed E-state index contributed by atoms with van der Waals surface area (Å²) in [6.45, 7) is 1.89. The highest BCUT2D eigenvalue weighted by molar-refractivity contribution is 6.46. The number of likely N-dealkylation sites (tertiary alicyclic amines) is 1. The van der Waals surface area contributed by atoms with Crippen LogP contribution in [0.3, 0.4) is 0 Å². The number of hydrogen-bond donors (Lipinski definition) is 1. The molecule has 2 aromatic carbocycles. The van der Waals surface area contributed by atoms with Gasteiger partial charge in [-0.1, -0.05) is 0 Å². The second-order valence-electron chi connectivity index (χ2n) is 8.62. The highest BCUT2D eigenvalue weighted by Crippen LogP contribution is 2.44. The summed E-state index contributed by atoms with van der Waals surface area (Å²) in [7, 11) is 6.95. The van der Waals surface area contributed by atoms with Gasteiger partial charge in [-0.05, 0) is 57.4 Å². The Labute approximate surface area is 204 Å². The lowest BCUT2D eigenvalue weighted by Gasteiger charge is -2.27. The number of ketones is 1. The van der Waals surface area contributed by atoms with Gasteiger partial charge in [-0.3, -0.25) is 9.59 Å². The maximum absolute atomic E-state index is 13.3. The molecule has 0 saturated carbocycles. The minimum absolute atomic E-state index is 0.00000213. The first kappa shape index (κ1) is 24.4. The number of carbonyl (C=O) groups excluding carboxylic acids is 2. The van der Waals surface area contributed by atoms with Crippen LogP contribution < -0.4 is 18.9 Å². The van der Waals surface area contributed by atoms with Gasteiger partial charge in [0.2, 0.25) is 0 Å². The van der Waals surface area contributed by atoms with E-state index in [2.05, 4.69) is 0 Å². The Balaban J connectivity index is 1.84. The zero-order chi connectivity index (χ0) is 25.1. The minimum Gasteiger partial charge on any atom is -0.507 e. The van der Waals surface area contributed by atoms with E-state index >= 15 is 0 Å². The van der Waals surface area contributed by atoms with Crippen molar-refractivity contribution in [2.75, 3.05) is 54.6 Å². The standard InChI is InChI=1S/C26H30N2O7/c1-27(2)10-5-11-28-23(18-8-7-17(32-3)15-20(18)33-4)22(25(30)26(28)31)24(29)16-6-9-19-21(14-16)35-13-12-34-19/h6-9,14-15,23,29H,5,10-13H2,1-4H3/b24-22-/t23-/m0/s1. The molecular weight excluding hydrogens is 452 g/mol. The van der Waals surface area contributed by atoms with Crippen LogP contribution in [-0.4, -0.2) is 81.2 Å². The largest absolute Gasteiger partial charge is 0.507 e. The molecule has 0 bridgehead atoms. The molecule has 0 radical (unpaired) electrons. The first-order chi connectivity index (χ1) is 16.8. The molecule has 0 aliphatic carbocycles. The number of aliphatic hydroxyl groups excluding tert-OH is 1. The summed E-state index contributed by atoms with van der Waals surface area (Å²) >= 11 is 0. The van der Waals surface area contributed by atoms with Crippen LogP contribution in [0.4, 0.5) is 0 Å². The van der Waals surface area contributed by atoms with E-state index in [0.717, 1.165) is 6.54 Å². The fraction of sp³-hybridized carbons (Fsp3) is 0.385. The average molecular weight is 483 g/mol. The summed E-state index contributed by atoms with van der Waals surface area (Å²) < 4.78 is 22.1. The van der Waals surface area contributed by atoms with Gasteiger partial charge < -0.3 is 33.9 Å². The van der Waals surface area contributed by atoms with Crippen molar-refractivity contribution in [3.05, 3.63) is 53.1 Å². The van der Waals surface area contributed by atoms with Gasteiger partial charge >= 0.3 is 0 Å². The molecule has 1 saturated heterocycles. The molecule has 9 nitrogen and oxygen atoms in total. The zero-order valence-corrected chi connectivity index (χ0v) is 20.4. The lowest BCUT2D eigenvalue weighted by Crippen LogP contribution is -2.32. The smallest absolute Gasteiger partial charge is 0.295 e. The fourth-order valence-electron chi connectivity index (χ4n) is 4.38. The van der Waals surface area contributed by atoms with E-state index in [1.807, 2.05) is 19.0 Å². The van der Waals surface area contributed by atoms with Gasteiger partial charge in [0.15, 0.2) is 11.5 Å². The molecule has 1 amide bonds. The van der Waals surface area contributed by atoms with Crippen LogP contribution in [0.15, 0.2) is 42.0 Å². The summed E-state index contributed by atoms with van der Waals surface area (Å²) in [5, 5.41) is 11.3. The van der Waals surface area contributed by atoms with Crippen LogP contribution in [0.25, 0.3) is 5.76 Å². The Kier molecular flexibility index (Phi) is 7.16. The number of hydrogen-bond acceptors (Lipinski definition) is 8. The molecule has 1 fully saturated rings. The molecular formula is C26H30N2O7. The van der Waals surface area contributed by atoms with Gasteiger partial charge in [-0.25, -0.2) is 0 Å². The molecule has 2 aromatic rings. The number of nitrogens with zero attached hydrogens (tertiary/aromatic N) is 2. The Morgan fingerprint density at radius 3 is 2.49 bits per heavy atom. The van der Waals surface area contributed by atoms with Crippen molar-refractivity contribution in [3.63, 3.8) is 0 Å². The molecule has 0 spiro atoms. The number of aliphatic hydroxyl groups is 1. The highest BCUT2D eigenvalue weighted by atomic mass is 16.6. The number of amides is 1. The summed E-state index contributed by atoms with van der Waals surface area (Å²) in [4.78, 5) is 30.0. The normalized spacial score (nSPS) is 18.8. The van der Waals surface area contributed by atoms with Crippen LogP contribution in [0.1, 0.15) is 23.6 Å². The van der Waals surface area contributed by atoms with Gasteiger partial charge in [0.1, 0.15) is 30.5 Å². The molecule has 35 heavy (non-hydrogen) atoms. The number of benzene rings is 2. The summed E-state index contributed by atoms with van der Waals surface area (Å²) in [5.74, 6) is 0.363. The Morgan fingerprint density at radius 2 is 1.80 bits per heavy atom. The Morgan fingerprint density at radius 1 is 1.06 bits per heavy atom. The lowest BCUT2D eigenvalue weighted by molar-refractivity contribution is -0.140. The number of carbonyl (C=O) groups is 2. The van der Waals surface area contributed by atoms with Crippen molar-refractivity contribution in [2.24, 2.45) is 0 Å². The van der Waals surface area contributed by atoms with Gasteiger partial charge in [-0.2, -0.15) is 0 Å². The molecule has 2 aliphatic rings. The molecule has 2 heterocycles. The first-order valence-electron chi connectivity index (χ1n) is 11.4. The molecule has 0 aromatic heterocycles.